The number of nitrogens with zero attached hydrogens (tertiary/aromatic N) is 1. The second kappa shape index (κ2) is 43.1. The fourth-order valence-corrected chi connectivity index (χ4v) is 7.34. The van der Waals surface area contributed by atoms with Crippen molar-refractivity contribution in [3.63, 3.8) is 0 Å². The van der Waals surface area contributed by atoms with Gasteiger partial charge in [-0.15, -0.1) is 0 Å². The van der Waals surface area contributed by atoms with E-state index in [2.05, 4.69) is 62.5 Å². The molecule has 0 fully saturated rings. The Morgan fingerprint density at radius 2 is 0.983 bits per heavy atom. The molecule has 2 unspecified atom stereocenters. The molecule has 0 rings (SSSR count). The lowest BCUT2D eigenvalue weighted by Gasteiger charge is -2.28. The number of allylic oxidation sites excluding steroid dienone is 8. The first-order valence-corrected chi connectivity index (χ1v) is 25.8. The normalized spacial score (nSPS) is 14.1. The van der Waals surface area contributed by atoms with Crippen LogP contribution in [0.2, 0.25) is 0 Å². The number of quaternary nitrogens is 1. The molecule has 0 spiro atoms. The number of ether oxygens (including phenoxy) is 2. The Morgan fingerprint density at radius 3 is 1.49 bits per heavy atom. The van der Waals surface area contributed by atoms with Gasteiger partial charge in [-0.05, 0) is 70.6 Å². The molecule has 0 N–H and O–H groups in total. The van der Waals surface area contributed by atoms with E-state index in [-0.39, 0.29) is 25.8 Å². The minimum Gasteiger partial charge on any atom is -0.756 e. The molecular weight excluding hydrogens is 758 g/mol. The highest BCUT2D eigenvalue weighted by molar-refractivity contribution is 7.45. The van der Waals surface area contributed by atoms with Crippen molar-refractivity contribution in [2.75, 3.05) is 54.1 Å². The Bertz CT molecular complexity index is 1080. The fraction of sp³-hybridized carbons (Fsp3) is 0.820. The monoisotopic (exact) mass is 852 g/mol. The number of rotatable bonds is 45. The second-order valence-corrected chi connectivity index (χ2v) is 18.8. The second-order valence-electron chi connectivity index (χ2n) is 17.4. The van der Waals surface area contributed by atoms with E-state index in [0.29, 0.717) is 24.1 Å². The molecule has 0 aliphatic heterocycles. The lowest BCUT2D eigenvalue weighted by atomic mass is 10.1. The van der Waals surface area contributed by atoms with Gasteiger partial charge in [-0.25, -0.2) is 0 Å². The van der Waals surface area contributed by atoms with E-state index in [1.165, 1.54) is 128 Å². The summed E-state index contributed by atoms with van der Waals surface area (Å²) in [5, 5.41) is 0. The fourth-order valence-electron chi connectivity index (χ4n) is 6.61. The van der Waals surface area contributed by atoms with Crippen LogP contribution in [0.15, 0.2) is 48.6 Å². The lowest BCUT2D eigenvalue weighted by molar-refractivity contribution is -0.870. The minimum atomic E-state index is -4.53. The van der Waals surface area contributed by atoms with Crippen LogP contribution >= 0.6 is 7.82 Å². The largest absolute Gasteiger partial charge is 0.756 e. The molecule has 0 bridgehead atoms. The van der Waals surface area contributed by atoms with Crippen LogP contribution in [0.4, 0.5) is 0 Å². The third kappa shape index (κ3) is 47.4. The van der Waals surface area contributed by atoms with Crippen molar-refractivity contribution in [2.24, 2.45) is 0 Å². The molecule has 59 heavy (non-hydrogen) atoms. The van der Waals surface area contributed by atoms with E-state index in [9.17, 15) is 14.3 Å². The molecule has 0 radical (unpaired) electrons. The molecule has 2 atom stereocenters. The van der Waals surface area contributed by atoms with Crippen molar-refractivity contribution in [3.05, 3.63) is 48.6 Å². The third-order valence-electron chi connectivity index (χ3n) is 10.4. The Morgan fingerprint density at radius 1 is 0.542 bits per heavy atom. The Kier molecular flexibility index (Phi) is 42.0. The van der Waals surface area contributed by atoms with Gasteiger partial charge in [-0.1, -0.05) is 178 Å². The standard InChI is InChI=1S/C50H94NO7P/c1-6-8-10-12-14-16-18-20-22-24-25-26-28-30-32-34-36-38-40-42-45-55-47-49(48-57-59(53,54)56-46-44-51(3,4)5)58-50(52)43-41-39-37-35-33-31-29-27-23-21-19-17-15-13-11-9-7-2/h9,11,15,17,20-23,49H,6-8,10,12-14,16,18-19,24-48H2,1-5H3/b11-9-,17-15-,22-20-,23-21-. The molecule has 0 saturated heterocycles. The number of likely N-dealkylation sites (N-methyl/N-ethyl adjacent to an activating group) is 1. The van der Waals surface area contributed by atoms with Crippen molar-refractivity contribution >= 4 is 13.8 Å². The molecule has 0 aliphatic rings. The highest BCUT2D eigenvalue weighted by Gasteiger charge is 2.20. The van der Waals surface area contributed by atoms with Gasteiger partial charge in [-0.3, -0.25) is 9.36 Å². The Hall–Kier alpha value is -1.54. The topological polar surface area (TPSA) is 94.1 Å². The SMILES string of the molecule is CC/C=C\C/C=C\C/C=C\CCCCCCCCCC(=O)OC(COCCCCCCCCCCCC/C=C\CCCCCCCC)COP(=O)([O-])OCC[N+](C)(C)C. The maximum atomic E-state index is 12.7. The van der Waals surface area contributed by atoms with Crippen LogP contribution in [0.3, 0.4) is 0 Å². The Labute approximate surface area is 365 Å². The van der Waals surface area contributed by atoms with Gasteiger partial charge in [-0.2, -0.15) is 0 Å². The summed E-state index contributed by atoms with van der Waals surface area (Å²) in [6, 6.07) is 0. The average Bonchev–Trinajstić information content (AvgIpc) is 3.19. The zero-order chi connectivity index (χ0) is 43.4. The first-order chi connectivity index (χ1) is 28.6. The number of carbonyl (C=O) groups is 1. The van der Waals surface area contributed by atoms with Gasteiger partial charge in [0.05, 0.1) is 34.4 Å². The molecule has 0 aromatic rings. The zero-order valence-electron chi connectivity index (χ0n) is 39.2. The van der Waals surface area contributed by atoms with Crippen LogP contribution < -0.4 is 4.89 Å². The van der Waals surface area contributed by atoms with Gasteiger partial charge >= 0.3 is 5.97 Å². The van der Waals surface area contributed by atoms with Gasteiger partial charge in [0.25, 0.3) is 7.82 Å². The minimum absolute atomic E-state index is 0.0228. The van der Waals surface area contributed by atoms with Gasteiger partial charge in [0, 0.05) is 13.0 Å². The average molecular weight is 852 g/mol. The van der Waals surface area contributed by atoms with Crippen molar-refractivity contribution in [1.82, 2.24) is 0 Å². The van der Waals surface area contributed by atoms with Crippen LogP contribution in [0.5, 0.6) is 0 Å². The van der Waals surface area contributed by atoms with Gasteiger partial charge < -0.3 is 27.9 Å². The summed E-state index contributed by atoms with van der Waals surface area (Å²) in [4.78, 5) is 25.1. The van der Waals surface area contributed by atoms with Gasteiger partial charge in [0.1, 0.15) is 19.3 Å². The number of unbranched alkanes of at least 4 members (excludes halogenated alkanes) is 23. The summed E-state index contributed by atoms with van der Waals surface area (Å²) in [5.74, 6) is -0.344. The van der Waals surface area contributed by atoms with Crippen molar-refractivity contribution < 1.29 is 37.3 Å². The van der Waals surface area contributed by atoms with Crippen LogP contribution in [0.25, 0.3) is 0 Å². The van der Waals surface area contributed by atoms with Crippen LogP contribution in [-0.2, 0) is 27.9 Å². The number of carbonyl (C=O) groups excluding carboxylic acids is 1. The third-order valence-corrected chi connectivity index (χ3v) is 11.3. The first kappa shape index (κ1) is 57.5. The molecule has 9 heteroatoms. The molecule has 0 aliphatic carbocycles. The van der Waals surface area contributed by atoms with E-state index >= 15 is 0 Å². The molecular formula is C50H94NO7P. The number of phosphoric ester groups is 1. The molecule has 0 aromatic carbocycles. The summed E-state index contributed by atoms with van der Waals surface area (Å²) in [6.45, 7) is 5.30. The predicted octanol–water partition coefficient (Wildman–Crippen LogP) is 14.1. The van der Waals surface area contributed by atoms with Crippen molar-refractivity contribution in [2.45, 2.75) is 213 Å². The maximum Gasteiger partial charge on any atom is 0.306 e. The molecule has 0 heterocycles. The number of esters is 1. The zero-order valence-corrected chi connectivity index (χ0v) is 40.1. The highest BCUT2D eigenvalue weighted by Crippen LogP contribution is 2.38. The summed E-state index contributed by atoms with van der Waals surface area (Å²) in [7, 11) is 1.35. The molecule has 0 amide bonds. The van der Waals surface area contributed by atoms with Gasteiger partial charge in [0.2, 0.25) is 0 Å². The summed E-state index contributed by atoms with van der Waals surface area (Å²) in [5.41, 5.74) is 0. The first-order valence-electron chi connectivity index (χ1n) is 24.4. The van der Waals surface area contributed by atoms with E-state index in [4.69, 9.17) is 18.5 Å². The molecule has 0 aromatic heterocycles. The lowest BCUT2D eigenvalue weighted by Crippen LogP contribution is -2.37. The summed E-state index contributed by atoms with van der Waals surface area (Å²) >= 11 is 0. The smallest absolute Gasteiger partial charge is 0.306 e. The summed E-state index contributed by atoms with van der Waals surface area (Å²) < 4.78 is 34.7. The molecule has 8 nitrogen and oxygen atoms in total. The number of hydrogen-bond donors (Lipinski definition) is 0. The van der Waals surface area contributed by atoms with Crippen LogP contribution in [0, 0.1) is 0 Å². The van der Waals surface area contributed by atoms with E-state index < -0.39 is 13.9 Å². The van der Waals surface area contributed by atoms with E-state index in [0.717, 1.165) is 57.8 Å². The number of hydrogen-bond acceptors (Lipinski definition) is 7. The summed E-state index contributed by atoms with van der Waals surface area (Å²) in [6.07, 6.45) is 52.7. The Balaban J connectivity index is 4.17. The molecule has 346 valence electrons. The van der Waals surface area contributed by atoms with Crippen LogP contribution in [-0.4, -0.2) is 70.7 Å². The predicted molar refractivity (Wildman–Crippen MR) is 250 cm³/mol. The highest BCUT2D eigenvalue weighted by atomic mass is 31.2. The van der Waals surface area contributed by atoms with Gasteiger partial charge in [0.15, 0.2) is 0 Å². The molecule has 0 saturated carbocycles. The van der Waals surface area contributed by atoms with Crippen LogP contribution in [0.1, 0.15) is 206 Å². The van der Waals surface area contributed by atoms with E-state index in [1.807, 2.05) is 21.1 Å². The quantitative estimate of drug-likeness (QED) is 0.0198. The van der Waals surface area contributed by atoms with Crippen molar-refractivity contribution in [3.8, 4) is 0 Å². The number of phosphoric acid groups is 1. The van der Waals surface area contributed by atoms with E-state index in [1.54, 1.807) is 0 Å². The maximum absolute atomic E-state index is 12.7. The van der Waals surface area contributed by atoms with Crippen molar-refractivity contribution in [1.29, 1.82) is 0 Å².